The second-order valence-corrected chi connectivity index (χ2v) is 5.48. The van der Waals surface area contributed by atoms with Gasteiger partial charge < -0.3 is 9.73 Å². The van der Waals surface area contributed by atoms with Gasteiger partial charge in [0.05, 0.1) is 0 Å². The minimum Gasteiger partial charge on any atom is -0.461 e. The highest BCUT2D eigenvalue weighted by Crippen LogP contribution is 2.34. The molecular formula is C16H21NO. The fourth-order valence-corrected chi connectivity index (χ4v) is 2.80. The van der Waals surface area contributed by atoms with Crippen LogP contribution in [0.5, 0.6) is 0 Å². The standard InChI is InChI=1S/C16H21NO/c1-11-4-3-5-13-10-14(18-16(11)13)8-9-15(17-2)12-6-7-12/h3-5,10,12,15,17H,6-9H2,1-2H3. The van der Waals surface area contributed by atoms with Gasteiger partial charge in [0.25, 0.3) is 0 Å². The number of nitrogens with one attached hydrogen (secondary N) is 1. The van der Waals surface area contributed by atoms with E-state index in [1.165, 1.54) is 30.2 Å². The van der Waals surface area contributed by atoms with E-state index in [-0.39, 0.29) is 0 Å². The molecule has 1 aromatic carbocycles. The summed E-state index contributed by atoms with van der Waals surface area (Å²) in [5.41, 5.74) is 2.28. The summed E-state index contributed by atoms with van der Waals surface area (Å²) >= 11 is 0. The van der Waals surface area contributed by atoms with Crippen LogP contribution in [-0.4, -0.2) is 13.1 Å². The van der Waals surface area contributed by atoms with Crippen LogP contribution >= 0.6 is 0 Å². The minimum atomic E-state index is 0.666. The van der Waals surface area contributed by atoms with Crippen LogP contribution in [0.1, 0.15) is 30.6 Å². The first-order valence-electron chi connectivity index (χ1n) is 6.93. The van der Waals surface area contributed by atoms with Gasteiger partial charge in [0, 0.05) is 17.8 Å². The van der Waals surface area contributed by atoms with Gasteiger partial charge in [-0.25, -0.2) is 0 Å². The van der Waals surface area contributed by atoms with Crippen molar-refractivity contribution in [3.8, 4) is 0 Å². The van der Waals surface area contributed by atoms with Crippen LogP contribution in [0.25, 0.3) is 11.0 Å². The molecule has 1 aromatic heterocycles. The van der Waals surface area contributed by atoms with E-state index in [0.29, 0.717) is 6.04 Å². The summed E-state index contributed by atoms with van der Waals surface area (Å²) in [5.74, 6) is 2.03. The average molecular weight is 243 g/mol. The van der Waals surface area contributed by atoms with E-state index < -0.39 is 0 Å². The van der Waals surface area contributed by atoms with Crippen molar-refractivity contribution in [1.29, 1.82) is 0 Å². The molecule has 0 bridgehead atoms. The Morgan fingerprint density at radius 1 is 1.39 bits per heavy atom. The van der Waals surface area contributed by atoms with E-state index in [4.69, 9.17) is 4.42 Å². The van der Waals surface area contributed by atoms with Gasteiger partial charge >= 0.3 is 0 Å². The molecule has 0 radical (unpaired) electrons. The second-order valence-electron chi connectivity index (χ2n) is 5.48. The Bertz CT molecular complexity index is 539. The molecule has 0 aliphatic heterocycles. The van der Waals surface area contributed by atoms with E-state index in [1.807, 2.05) is 0 Å². The molecule has 0 saturated heterocycles. The first-order valence-corrected chi connectivity index (χ1v) is 6.93. The van der Waals surface area contributed by atoms with Crippen LogP contribution < -0.4 is 5.32 Å². The highest BCUT2D eigenvalue weighted by atomic mass is 16.3. The average Bonchev–Trinajstić information content (AvgIpc) is 3.10. The first-order chi connectivity index (χ1) is 8.78. The van der Waals surface area contributed by atoms with E-state index in [9.17, 15) is 0 Å². The van der Waals surface area contributed by atoms with E-state index in [2.05, 4.69) is 43.6 Å². The summed E-state index contributed by atoms with van der Waals surface area (Å²) in [5, 5.41) is 4.67. The van der Waals surface area contributed by atoms with Crippen LogP contribution in [0.4, 0.5) is 0 Å². The lowest BCUT2D eigenvalue weighted by Gasteiger charge is -2.13. The van der Waals surface area contributed by atoms with Crippen molar-refractivity contribution in [1.82, 2.24) is 5.32 Å². The molecule has 3 rings (SSSR count). The molecule has 1 saturated carbocycles. The van der Waals surface area contributed by atoms with Crippen molar-refractivity contribution in [3.05, 3.63) is 35.6 Å². The minimum absolute atomic E-state index is 0.666. The number of furan rings is 1. The Morgan fingerprint density at radius 2 is 2.22 bits per heavy atom. The van der Waals surface area contributed by atoms with Gasteiger partial charge in [-0.05, 0) is 50.8 Å². The third-order valence-electron chi connectivity index (χ3n) is 4.06. The number of fused-ring (bicyclic) bond motifs is 1. The fourth-order valence-electron chi connectivity index (χ4n) is 2.80. The van der Waals surface area contributed by atoms with Crippen molar-refractivity contribution in [2.75, 3.05) is 7.05 Å². The molecule has 2 nitrogen and oxygen atoms in total. The van der Waals surface area contributed by atoms with Crippen LogP contribution in [0.2, 0.25) is 0 Å². The molecule has 2 heteroatoms. The van der Waals surface area contributed by atoms with Crippen LogP contribution in [0.3, 0.4) is 0 Å². The Labute approximate surface area is 108 Å². The zero-order valence-corrected chi connectivity index (χ0v) is 11.2. The SMILES string of the molecule is CNC(CCc1cc2cccc(C)c2o1)C1CC1. The Kier molecular flexibility index (Phi) is 3.13. The normalized spacial score (nSPS) is 17.2. The van der Waals surface area contributed by atoms with Gasteiger partial charge in [-0.15, -0.1) is 0 Å². The van der Waals surface area contributed by atoms with Crippen molar-refractivity contribution >= 4 is 11.0 Å². The lowest BCUT2D eigenvalue weighted by Crippen LogP contribution is -2.27. The predicted octanol–water partition coefficient (Wildman–Crippen LogP) is 3.67. The molecule has 1 unspecified atom stereocenters. The van der Waals surface area contributed by atoms with Gasteiger partial charge in [-0.1, -0.05) is 18.2 Å². The molecule has 1 N–H and O–H groups in total. The van der Waals surface area contributed by atoms with Gasteiger partial charge in [0.2, 0.25) is 0 Å². The molecule has 0 spiro atoms. The summed E-state index contributed by atoms with van der Waals surface area (Å²) in [6.45, 7) is 2.11. The van der Waals surface area contributed by atoms with Gasteiger partial charge in [0.15, 0.2) is 0 Å². The number of hydrogen-bond donors (Lipinski definition) is 1. The highest BCUT2D eigenvalue weighted by molar-refractivity contribution is 5.80. The maximum absolute atomic E-state index is 5.97. The first kappa shape index (κ1) is 11.8. The van der Waals surface area contributed by atoms with Crippen LogP contribution in [0.15, 0.2) is 28.7 Å². The summed E-state index contributed by atoms with van der Waals surface area (Å²) in [7, 11) is 2.08. The number of aryl methyl sites for hydroxylation is 2. The molecule has 1 aliphatic carbocycles. The topological polar surface area (TPSA) is 25.2 Å². The van der Waals surface area contributed by atoms with Crippen molar-refractivity contribution in [3.63, 3.8) is 0 Å². The zero-order valence-electron chi connectivity index (χ0n) is 11.2. The third-order valence-corrected chi connectivity index (χ3v) is 4.06. The van der Waals surface area contributed by atoms with Gasteiger partial charge in [-0.2, -0.15) is 0 Å². The Balaban J connectivity index is 1.72. The number of benzene rings is 1. The smallest absolute Gasteiger partial charge is 0.137 e. The predicted molar refractivity (Wildman–Crippen MR) is 74.8 cm³/mol. The Morgan fingerprint density at radius 3 is 2.89 bits per heavy atom. The molecule has 96 valence electrons. The lowest BCUT2D eigenvalue weighted by atomic mass is 10.1. The molecule has 1 atom stereocenters. The second kappa shape index (κ2) is 4.77. The lowest BCUT2D eigenvalue weighted by molar-refractivity contribution is 0.443. The molecule has 0 amide bonds. The summed E-state index contributed by atoms with van der Waals surface area (Å²) in [4.78, 5) is 0. The van der Waals surface area contributed by atoms with Crippen LogP contribution in [-0.2, 0) is 6.42 Å². The molecule has 2 aromatic rings. The zero-order chi connectivity index (χ0) is 12.5. The molecule has 1 aliphatic rings. The fraction of sp³-hybridized carbons (Fsp3) is 0.500. The number of hydrogen-bond acceptors (Lipinski definition) is 2. The summed E-state index contributed by atoms with van der Waals surface area (Å²) in [6.07, 6.45) is 5.01. The quantitative estimate of drug-likeness (QED) is 0.866. The van der Waals surface area contributed by atoms with Crippen molar-refractivity contribution in [2.24, 2.45) is 5.92 Å². The summed E-state index contributed by atoms with van der Waals surface area (Å²) < 4.78 is 5.97. The van der Waals surface area contributed by atoms with Crippen molar-refractivity contribution < 1.29 is 4.42 Å². The number of para-hydroxylation sites is 1. The van der Waals surface area contributed by atoms with Crippen LogP contribution in [0, 0.1) is 12.8 Å². The highest BCUT2D eigenvalue weighted by Gasteiger charge is 2.29. The van der Waals surface area contributed by atoms with Crippen molar-refractivity contribution in [2.45, 2.75) is 38.6 Å². The Hall–Kier alpha value is -1.28. The van der Waals surface area contributed by atoms with Gasteiger partial charge in [0.1, 0.15) is 11.3 Å². The van der Waals surface area contributed by atoms with E-state index in [0.717, 1.165) is 23.7 Å². The molecule has 1 fully saturated rings. The molecule has 18 heavy (non-hydrogen) atoms. The largest absolute Gasteiger partial charge is 0.461 e. The monoisotopic (exact) mass is 243 g/mol. The maximum Gasteiger partial charge on any atom is 0.137 e. The van der Waals surface area contributed by atoms with E-state index >= 15 is 0 Å². The number of rotatable bonds is 5. The maximum atomic E-state index is 5.97. The molecular weight excluding hydrogens is 222 g/mol. The third kappa shape index (κ3) is 2.30. The summed E-state index contributed by atoms with van der Waals surface area (Å²) in [6, 6.07) is 9.20. The molecule has 1 heterocycles. The van der Waals surface area contributed by atoms with E-state index in [1.54, 1.807) is 0 Å². The van der Waals surface area contributed by atoms with Gasteiger partial charge in [-0.3, -0.25) is 0 Å².